The maximum Gasteiger partial charge on any atom is 0.353 e. The predicted molar refractivity (Wildman–Crippen MR) is 50.5 cm³/mol. The summed E-state index contributed by atoms with van der Waals surface area (Å²) in [5, 5.41) is 8.37. The molecule has 0 fully saturated rings. The maximum atomic E-state index is 12.8. The van der Waals surface area contributed by atoms with E-state index in [9.17, 15) is 18.4 Å². The highest BCUT2D eigenvalue weighted by atomic mass is 19.3. The number of halogens is 2. The molecular weight excluding hydrogens is 224 g/mol. The zero-order chi connectivity index (χ0) is 12.5. The van der Waals surface area contributed by atoms with Crippen LogP contribution in [0.2, 0.25) is 0 Å². The second-order valence-electron chi connectivity index (χ2n) is 3.38. The number of alkyl halides is 2. The standard InChI is InChI=1S/C8H11F2N3O3/c1-5-11-6(15)13(7(16)12(5)2)3-8(9,10)4-14/h14H,3-4H2,1-2H3. The molecule has 1 N–H and O–H groups in total. The molecule has 0 aliphatic carbocycles. The number of aryl methyl sites for hydroxylation is 1. The van der Waals surface area contributed by atoms with Crippen molar-refractivity contribution in [2.75, 3.05) is 6.61 Å². The van der Waals surface area contributed by atoms with Crippen LogP contribution >= 0.6 is 0 Å². The fourth-order valence-electron chi connectivity index (χ4n) is 1.09. The molecule has 0 aliphatic rings. The molecule has 1 rings (SSSR count). The molecular formula is C8H11F2N3O3. The molecule has 90 valence electrons. The minimum atomic E-state index is -3.52. The molecule has 0 spiro atoms. The fraction of sp³-hybridized carbons (Fsp3) is 0.625. The van der Waals surface area contributed by atoms with Crippen LogP contribution in [0.5, 0.6) is 0 Å². The molecule has 0 radical (unpaired) electrons. The van der Waals surface area contributed by atoms with Crippen LogP contribution in [0, 0.1) is 6.92 Å². The molecule has 16 heavy (non-hydrogen) atoms. The van der Waals surface area contributed by atoms with Gasteiger partial charge in [0.1, 0.15) is 12.4 Å². The Morgan fingerprint density at radius 1 is 1.44 bits per heavy atom. The number of hydrogen-bond acceptors (Lipinski definition) is 4. The summed E-state index contributed by atoms with van der Waals surface area (Å²) < 4.78 is 27.0. The summed E-state index contributed by atoms with van der Waals surface area (Å²) in [6.45, 7) is -1.20. The van der Waals surface area contributed by atoms with E-state index in [1.807, 2.05) is 0 Å². The average Bonchev–Trinajstić information content (AvgIpc) is 2.21. The molecule has 1 aromatic rings. The second-order valence-corrected chi connectivity index (χ2v) is 3.38. The summed E-state index contributed by atoms with van der Waals surface area (Å²) in [6.07, 6.45) is 0. The first-order valence-electron chi connectivity index (χ1n) is 4.41. The van der Waals surface area contributed by atoms with Gasteiger partial charge < -0.3 is 5.11 Å². The van der Waals surface area contributed by atoms with Gasteiger partial charge in [-0.15, -0.1) is 0 Å². The van der Waals surface area contributed by atoms with Crippen molar-refractivity contribution in [1.29, 1.82) is 0 Å². The van der Waals surface area contributed by atoms with Gasteiger partial charge in [-0.1, -0.05) is 0 Å². The van der Waals surface area contributed by atoms with E-state index in [1.54, 1.807) is 0 Å². The minimum Gasteiger partial charge on any atom is -0.390 e. The van der Waals surface area contributed by atoms with E-state index in [2.05, 4.69) is 4.98 Å². The van der Waals surface area contributed by atoms with Gasteiger partial charge in [-0.2, -0.15) is 4.98 Å². The minimum absolute atomic E-state index is 0.138. The zero-order valence-corrected chi connectivity index (χ0v) is 8.78. The van der Waals surface area contributed by atoms with Gasteiger partial charge in [0.15, 0.2) is 0 Å². The average molecular weight is 235 g/mol. The molecule has 0 saturated carbocycles. The Kier molecular flexibility index (Phi) is 3.22. The number of nitrogens with zero attached hydrogens (tertiary/aromatic N) is 3. The molecule has 1 aromatic heterocycles. The third kappa shape index (κ3) is 2.32. The van der Waals surface area contributed by atoms with E-state index >= 15 is 0 Å². The van der Waals surface area contributed by atoms with Crippen LogP contribution in [0.15, 0.2) is 9.59 Å². The Morgan fingerprint density at radius 3 is 2.50 bits per heavy atom. The van der Waals surface area contributed by atoms with Crippen LogP contribution in [0.25, 0.3) is 0 Å². The molecule has 0 atom stereocenters. The first kappa shape index (κ1) is 12.5. The highest BCUT2D eigenvalue weighted by molar-refractivity contribution is 4.85. The normalized spacial score (nSPS) is 11.8. The van der Waals surface area contributed by atoms with Gasteiger partial charge >= 0.3 is 11.4 Å². The molecule has 0 amide bonds. The third-order valence-electron chi connectivity index (χ3n) is 2.11. The topological polar surface area (TPSA) is 77.1 Å². The van der Waals surface area contributed by atoms with Gasteiger partial charge in [0, 0.05) is 7.05 Å². The molecule has 8 heteroatoms. The fourth-order valence-corrected chi connectivity index (χ4v) is 1.09. The largest absolute Gasteiger partial charge is 0.390 e. The Balaban J connectivity index is 3.32. The quantitative estimate of drug-likeness (QED) is 0.719. The van der Waals surface area contributed by atoms with Crippen LogP contribution in [0.3, 0.4) is 0 Å². The van der Waals surface area contributed by atoms with Crippen molar-refractivity contribution in [1.82, 2.24) is 14.1 Å². The van der Waals surface area contributed by atoms with Crippen molar-refractivity contribution in [2.45, 2.75) is 19.4 Å². The first-order chi connectivity index (χ1) is 7.28. The van der Waals surface area contributed by atoms with Crippen LogP contribution < -0.4 is 11.4 Å². The van der Waals surface area contributed by atoms with E-state index in [-0.39, 0.29) is 5.82 Å². The summed E-state index contributed by atoms with van der Waals surface area (Å²) in [5.74, 6) is -3.38. The van der Waals surface area contributed by atoms with E-state index in [1.165, 1.54) is 14.0 Å². The van der Waals surface area contributed by atoms with Gasteiger partial charge in [0.2, 0.25) is 0 Å². The van der Waals surface area contributed by atoms with Gasteiger partial charge in [-0.3, -0.25) is 4.57 Å². The summed E-state index contributed by atoms with van der Waals surface area (Å²) in [6, 6.07) is 0. The maximum absolute atomic E-state index is 12.8. The predicted octanol–water partition coefficient (Wildman–Crippen LogP) is -1.12. The van der Waals surface area contributed by atoms with Crippen LogP contribution in [-0.4, -0.2) is 31.8 Å². The Hall–Kier alpha value is -1.57. The van der Waals surface area contributed by atoms with Gasteiger partial charge in [0.25, 0.3) is 5.92 Å². The highest BCUT2D eigenvalue weighted by Crippen LogP contribution is 2.12. The summed E-state index contributed by atoms with van der Waals surface area (Å²) in [5.41, 5.74) is -1.93. The lowest BCUT2D eigenvalue weighted by atomic mass is 10.3. The van der Waals surface area contributed by atoms with Gasteiger partial charge in [0.05, 0.1) is 6.54 Å². The van der Waals surface area contributed by atoms with Gasteiger partial charge in [-0.25, -0.2) is 22.9 Å². The molecule has 1 heterocycles. The van der Waals surface area contributed by atoms with E-state index in [4.69, 9.17) is 5.11 Å². The SMILES string of the molecule is Cc1nc(=O)n(CC(F)(F)CO)c(=O)n1C. The van der Waals surface area contributed by atoms with Crippen LogP contribution in [0.4, 0.5) is 8.78 Å². The van der Waals surface area contributed by atoms with E-state index < -0.39 is 30.5 Å². The third-order valence-corrected chi connectivity index (χ3v) is 2.11. The van der Waals surface area contributed by atoms with E-state index in [0.717, 1.165) is 4.57 Å². The number of rotatable bonds is 3. The summed E-state index contributed by atoms with van der Waals surface area (Å²) in [7, 11) is 1.32. The van der Waals surface area contributed by atoms with Crippen molar-refractivity contribution in [2.24, 2.45) is 7.05 Å². The van der Waals surface area contributed by atoms with Crippen LogP contribution in [0.1, 0.15) is 5.82 Å². The van der Waals surface area contributed by atoms with Crippen molar-refractivity contribution in [3.63, 3.8) is 0 Å². The lowest BCUT2D eigenvalue weighted by molar-refractivity contribution is -0.0648. The lowest BCUT2D eigenvalue weighted by Gasteiger charge is -2.14. The Labute approximate surface area is 88.8 Å². The van der Waals surface area contributed by atoms with Crippen LogP contribution in [-0.2, 0) is 13.6 Å². The molecule has 0 aromatic carbocycles. The van der Waals surface area contributed by atoms with Crippen molar-refractivity contribution in [3.05, 3.63) is 26.8 Å². The van der Waals surface area contributed by atoms with Crippen molar-refractivity contribution < 1.29 is 13.9 Å². The van der Waals surface area contributed by atoms with Gasteiger partial charge in [-0.05, 0) is 6.92 Å². The monoisotopic (exact) mass is 235 g/mol. The molecule has 0 aliphatic heterocycles. The molecule has 0 unspecified atom stereocenters. The number of aliphatic hydroxyl groups excluding tert-OH is 1. The number of aromatic nitrogens is 3. The first-order valence-corrected chi connectivity index (χ1v) is 4.41. The zero-order valence-electron chi connectivity index (χ0n) is 8.78. The second kappa shape index (κ2) is 4.12. The molecule has 6 nitrogen and oxygen atoms in total. The number of aliphatic hydroxyl groups is 1. The Morgan fingerprint density at radius 2 is 2.00 bits per heavy atom. The smallest absolute Gasteiger partial charge is 0.353 e. The van der Waals surface area contributed by atoms with Crippen molar-refractivity contribution >= 4 is 0 Å². The van der Waals surface area contributed by atoms with E-state index in [0.29, 0.717) is 4.57 Å². The molecule has 0 saturated heterocycles. The Bertz CT molecular complexity index is 506. The highest BCUT2D eigenvalue weighted by Gasteiger charge is 2.30. The lowest BCUT2D eigenvalue weighted by Crippen LogP contribution is -2.46. The van der Waals surface area contributed by atoms with Crippen molar-refractivity contribution in [3.8, 4) is 0 Å². The summed E-state index contributed by atoms with van der Waals surface area (Å²) >= 11 is 0. The molecule has 0 bridgehead atoms. The summed E-state index contributed by atoms with van der Waals surface area (Å²) in [4.78, 5) is 26.1. The number of hydrogen-bond donors (Lipinski definition) is 1.